The fourth-order valence-corrected chi connectivity index (χ4v) is 2.77. The number of sulfonamides is 1. The first kappa shape index (κ1) is 13.4. The van der Waals surface area contributed by atoms with Gasteiger partial charge in [0.05, 0.1) is 5.69 Å². The van der Waals surface area contributed by atoms with E-state index in [9.17, 15) is 8.42 Å². The summed E-state index contributed by atoms with van der Waals surface area (Å²) in [6.45, 7) is 2.04. The van der Waals surface area contributed by atoms with E-state index < -0.39 is 10.0 Å². The Morgan fingerprint density at radius 3 is 2.47 bits per heavy atom. The van der Waals surface area contributed by atoms with E-state index in [4.69, 9.17) is 5.73 Å². The quantitative estimate of drug-likeness (QED) is 0.895. The highest BCUT2D eigenvalue weighted by molar-refractivity contribution is 7.92. The van der Waals surface area contributed by atoms with E-state index in [1.807, 2.05) is 19.1 Å². The lowest BCUT2D eigenvalue weighted by molar-refractivity contribution is 0.601. The molecule has 2 aromatic rings. The van der Waals surface area contributed by atoms with Gasteiger partial charge >= 0.3 is 0 Å². The molecule has 0 aliphatic carbocycles. The van der Waals surface area contributed by atoms with Crippen LogP contribution in [0.1, 0.15) is 12.5 Å². The SMILES string of the molecule is CCc1ccc(NS(=O)(=O)c2cnccc2N)cc1. The molecule has 0 bridgehead atoms. The minimum Gasteiger partial charge on any atom is -0.398 e. The Morgan fingerprint density at radius 1 is 1.21 bits per heavy atom. The molecule has 2 rings (SSSR count). The van der Waals surface area contributed by atoms with Crippen LogP contribution in [0.2, 0.25) is 0 Å². The maximum Gasteiger partial charge on any atom is 0.265 e. The summed E-state index contributed by atoms with van der Waals surface area (Å²) in [7, 11) is -3.70. The lowest BCUT2D eigenvalue weighted by atomic mass is 10.2. The fraction of sp³-hybridized carbons (Fsp3) is 0.154. The molecule has 100 valence electrons. The van der Waals surface area contributed by atoms with Gasteiger partial charge < -0.3 is 5.73 Å². The van der Waals surface area contributed by atoms with Gasteiger partial charge in [0, 0.05) is 18.1 Å². The zero-order valence-corrected chi connectivity index (χ0v) is 11.3. The van der Waals surface area contributed by atoms with Crippen LogP contribution in [0, 0.1) is 0 Å². The summed E-state index contributed by atoms with van der Waals surface area (Å²) < 4.78 is 26.8. The fourth-order valence-electron chi connectivity index (χ4n) is 1.63. The first-order valence-electron chi connectivity index (χ1n) is 5.84. The zero-order chi connectivity index (χ0) is 13.9. The highest BCUT2D eigenvalue weighted by Gasteiger charge is 2.17. The number of hydrogen-bond acceptors (Lipinski definition) is 4. The number of rotatable bonds is 4. The molecule has 0 spiro atoms. The van der Waals surface area contributed by atoms with Gasteiger partial charge in [-0.15, -0.1) is 0 Å². The van der Waals surface area contributed by atoms with Crippen molar-refractivity contribution >= 4 is 21.4 Å². The topological polar surface area (TPSA) is 85.1 Å². The zero-order valence-electron chi connectivity index (χ0n) is 10.5. The number of aryl methyl sites for hydroxylation is 1. The van der Waals surface area contributed by atoms with Gasteiger partial charge in [-0.1, -0.05) is 19.1 Å². The van der Waals surface area contributed by atoms with E-state index in [0.717, 1.165) is 12.0 Å². The van der Waals surface area contributed by atoms with Gasteiger partial charge in [-0.25, -0.2) is 8.42 Å². The molecular weight excluding hydrogens is 262 g/mol. The maximum absolute atomic E-state index is 12.1. The number of nitrogens with one attached hydrogen (secondary N) is 1. The average molecular weight is 277 g/mol. The van der Waals surface area contributed by atoms with Crippen LogP contribution in [-0.2, 0) is 16.4 Å². The predicted molar refractivity (Wildman–Crippen MR) is 75.3 cm³/mol. The minimum absolute atomic E-state index is 0.0189. The molecule has 0 fully saturated rings. The molecule has 5 nitrogen and oxygen atoms in total. The molecule has 1 aromatic heterocycles. The normalized spacial score (nSPS) is 11.2. The van der Waals surface area contributed by atoms with E-state index in [1.165, 1.54) is 18.5 Å². The van der Waals surface area contributed by atoms with Gasteiger partial charge in [0.25, 0.3) is 10.0 Å². The first-order valence-corrected chi connectivity index (χ1v) is 7.32. The molecule has 6 heteroatoms. The van der Waals surface area contributed by atoms with Crippen molar-refractivity contribution in [3.8, 4) is 0 Å². The summed E-state index contributed by atoms with van der Waals surface area (Å²) in [6, 6.07) is 8.66. The van der Waals surface area contributed by atoms with Crippen molar-refractivity contribution in [2.75, 3.05) is 10.5 Å². The van der Waals surface area contributed by atoms with Crippen molar-refractivity contribution in [2.24, 2.45) is 0 Å². The molecule has 0 amide bonds. The van der Waals surface area contributed by atoms with E-state index >= 15 is 0 Å². The largest absolute Gasteiger partial charge is 0.398 e. The number of aromatic nitrogens is 1. The summed E-state index contributed by atoms with van der Waals surface area (Å²) in [5.41, 5.74) is 7.46. The minimum atomic E-state index is -3.70. The molecule has 0 radical (unpaired) electrons. The van der Waals surface area contributed by atoms with Gasteiger partial charge in [-0.05, 0) is 30.2 Å². The Hall–Kier alpha value is -2.08. The molecule has 0 aliphatic heterocycles. The first-order chi connectivity index (χ1) is 9.03. The van der Waals surface area contributed by atoms with Gasteiger partial charge in [-0.3, -0.25) is 9.71 Å². The van der Waals surface area contributed by atoms with Gasteiger partial charge in [0.1, 0.15) is 4.90 Å². The summed E-state index contributed by atoms with van der Waals surface area (Å²) in [4.78, 5) is 3.76. The van der Waals surface area contributed by atoms with E-state index in [2.05, 4.69) is 9.71 Å². The van der Waals surface area contributed by atoms with Crippen molar-refractivity contribution in [1.82, 2.24) is 4.98 Å². The van der Waals surface area contributed by atoms with Crippen molar-refractivity contribution in [1.29, 1.82) is 0 Å². The molecule has 19 heavy (non-hydrogen) atoms. The monoisotopic (exact) mass is 277 g/mol. The lowest BCUT2D eigenvalue weighted by Gasteiger charge is -2.09. The average Bonchev–Trinajstić information content (AvgIpc) is 2.39. The number of anilines is 2. The van der Waals surface area contributed by atoms with Gasteiger partial charge in [0.2, 0.25) is 0 Å². The molecule has 0 unspecified atom stereocenters. The summed E-state index contributed by atoms with van der Waals surface area (Å²) >= 11 is 0. The Balaban J connectivity index is 2.28. The lowest BCUT2D eigenvalue weighted by Crippen LogP contribution is -2.15. The van der Waals surface area contributed by atoms with Crippen LogP contribution in [0.4, 0.5) is 11.4 Å². The second-order valence-corrected chi connectivity index (χ2v) is 5.72. The maximum atomic E-state index is 12.1. The van der Waals surface area contributed by atoms with Crippen LogP contribution < -0.4 is 10.5 Å². The summed E-state index contributed by atoms with van der Waals surface area (Å²) in [6.07, 6.45) is 3.59. The van der Waals surface area contributed by atoms with Crippen molar-refractivity contribution in [3.63, 3.8) is 0 Å². The number of hydrogen-bond donors (Lipinski definition) is 2. The summed E-state index contributed by atoms with van der Waals surface area (Å²) in [5.74, 6) is 0. The second kappa shape index (κ2) is 5.27. The highest BCUT2D eigenvalue weighted by Crippen LogP contribution is 2.20. The molecule has 1 aromatic carbocycles. The van der Waals surface area contributed by atoms with Crippen LogP contribution in [0.25, 0.3) is 0 Å². The van der Waals surface area contributed by atoms with Crippen molar-refractivity contribution < 1.29 is 8.42 Å². The van der Waals surface area contributed by atoms with E-state index in [-0.39, 0.29) is 10.6 Å². The molecule has 0 aliphatic rings. The Kier molecular flexibility index (Phi) is 3.71. The van der Waals surface area contributed by atoms with Crippen LogP contribution in [0.5, 0.6) is 0 Å². The Bertz CT molecular complexity index is 667. The van der Waals surface area contributed by atoms with Crippen molar-refractivity contribution in [3.05, 3.63) is 48.3 Å². The third-order valence-electron chi connectivity index (χ3n) is 2.72. The third-order valence-corrected chi connectivity index (χ3v) is 4.14. The second-order valence-electron chi connectivity index (χ2n) is 4.07. The number of benzene rings is 1. The van der Waals surface area contributed by atoms with Crippen LogP contribution in [-0.4, -0.2) is 13.4 Å². The van der Waals surface area contributed by atoms with Crippen LogP contribution >= 0.6 is 0 Å². The van der Waals surface area contributed by atoms with Gasteiger partial charge in [0.15, 0.2) is 0 Å². The number of nitrogens with zero attached hydrogens (tertiary/aromatic N) is 1. The molecule has 1 heterocycles. The molecular formula is C13H15N3O2S. The Labute approximate surface area is 112 Å². The number of pyridine rings is 1. The van der Waals surface area contributed by atoms with Crippen LogP contribution in [0.3, 0.4) is 0 Å². The summed E-state index contributed by atoms with van der Waals surface area (Å²) in [5, 5.41) is 0. The molecule has 0 atom stereocenters. The van der Waals surface area contributed by atoms with E-state index in [0.29, 0.717) is 5.69 Å². The van der Waals surface area contributed by atoms with E-state index in [1.54, 1.807) is 12.1 Å². The third kappa shape index (κ3) is 3.03. The Morgan fingerprint density at radius 2 is 1.89 bits per heavy atom. The standard InChI is InChI=1S/C13H15N3O2S/c1-2-10-3-5-11(6-4-10)16-19(17,18)13-9-15-8-7-12(13)14/h3-9,16H,2H2,1H3,(H2,14,15). The predicted octanol–water partition coefficient (Wildman–Crippen LogP) is 2.03. The highest BCUT2D eigenvalue weighted by atomic mass is 32.2. The molecule has 0 saturated heterocycles. The molecule has 0 saturated carbocycles. The molecule has 3 N–H and O–H groups in total. The van der Waals surface area contributed by atoms with Crippen molar-refractivity contribution in [2.45, 2.75) is 18.2 Å². The van der Waals surface area contributed by atoms with Crippen LogP contribution in [0.15, 0.2) is 47.6 Å². The number of nitrogens with two attached hydrogens (primary N) is 1. The smallest absolute Gasteiger partial charge is 0.265 e. The van der Waals surface area contributed by atoms with Gasteiger partial charge in [-0.2, -0.15) is 0 Å². The number of nitrogen functional groups attached to an aromatic ring is 1.